The number of carbonyl (C=O) groups excluding carboxylic acids is 1. The molecule has 1 aromatic rings. The standard InChI is InChI=1S/C16H24N2O2/c19-12-14-6-8-15(9-7-14)18-16(20)17-11-10-13-4-2-1-3-5-13/h1-5,14-15,19H,6-12H2,(H2,17,18,20). The molecule has 0 heterocycles. The van der Waals surface area contributed by atoms with E-state index in [9.17, 15) is 4.79 Å². The molecular formula is C16H24N2O2. The molecule has 1 aliphatic rings. The van der Waals surface area contributed by atoms with Gasteiger partial charge in [-0.2, -0.15) is 0 Å². The molecule has 1 saturated carbocycles. The van der Waals surface area contributed by atoms with Crippen molar-refractivity contribution in [2.24, 2.45) is 5.92 Å². The Morgan fingerprint density at radius 2 is 1.85 bits per heavy atom. The molecular weight excluding hydrogens is 252 g/mol. The first-order valence-corrected chi connectivity index (χ1v) is 7.47. The molecule has 0 atom stereocenters. The van der Waals surface area contributed by atoms with Crippen LogP contribution < -0.4 is 10.6 Å². The molecule has 0 saturated heterocycles. The van der Waals surface area contributed by atoms with Crippen LogP contribution >= 0.6 is 0 Å². The van der Waals surface area contributed by atoms with Gasteiger partial charge in [-0.05, 0) is 43.6 Å². The fraction of sp³-hybridized carbons (Fsp3) is 0.562. The van der Waals surface area contributed by atoms with Gasteiger partial charge in [-0.15, -0.1) is 0 Å². The van der Waals surface area contributed by atoms with Gasteiger partial charge in [0.1, 0.15) is 0 Å². The molecule has 0 unspecified atom stereocenters. The van der Waals surface area contributed by atoms with Crippen LogP contribution in [-0.2, 0) is 6.42 Å². The molecule has 3 N–H and O–H groups in total. The predicted molar refractivity (Wildman–Crippen MR) is 79.5 cm³/mol. The molecule has 0 aliphatic heterocycles. The van der Waals surface area contributed by atoms with Crippen LogP contribution in [0, 0.1) is 5.92 Å². The smallest absolute Gasteiger partial charge is 0.315 e. The van der Waals surface area contributed by atoms with Crippen LogP contribution in [0.5, 0.6) is 0 Å². The van der Waals surface area contributed by atoms with E-state index in [2.05, 4.69) is 22.8 Å². The highest BCUT2D eigenvalue weighted by molar-refractivity contribution is 5.74. The monoisotopic (exact) mass is 276 g/mol. The summed E-state index contributed by atoms with van der Waals surface area (Å²) < 4.78 is 0. The van der Waals surface area contributed by atoms with Gasteiger partial charge in [0, 0.05) is 19.2 Å². The maximum Gasteiger partial charge on any atom is 0.315 e. The second kappa shape index (κ2) is 7.90. The van der Waals surface area contributed by atoms with Gasteiger partial charge in [0.05, 0.1) is 0 Å². The van der Waals surface area contributed by atoms with Gasteiger partial charge in [0.25, 0.3) is 0 Å². The lowest BCUT2D eigenvalue weighted by Gasteiger charge is -2.27. The highest BCUT2D eigenvalue weighted by Gasteiger charge is 2.21. The lowest BCUT2D eigenvalue weighted by atomic mass is 9.87. The number of amides is 2. The van der Waals surface area contributed by atoms with E-state index in [-0.39, 0.29) is 18.7 Å². The van der Waals surface area contributed by atoms with Crippen molar-refractivity contribution in [2.45, 2.75) is 38.1 Å². The molecule has 4 heteroatoms. The van der Waals surface area contributed by atoms with Crippen molar-refractivity contribution in [3.05, 3.63) is 35.9 Å². The fourth-order valence-corrected chi connectivity index (χ4v) is 2.69. The third-order valence-electron chi connectivity index (χ3n) is 3.98. The Morgan fingerprint density at radius 3 is 2.50 bits per heavy atom. The third-order valence-corrected chi connectivity index (χ3v) is 3.98. The minimum atomic E-state index is -0.0756. The number of rotatable bonds is 5. The number of urea groups is 1. The number of nitrogens with one attached hydrogen (secondary N) is 2. The maximum absolute atomic E-state index is 11.8. The van der Waals surface area contributed by atoms with E-state index >= 15 is 0 Å². The van der Waals surface area contributed by atoms with Crippen LogP contribution in [0.2, 0.25) is 0 Å². The Bertz CT molecular complexity index is 400. The van der Waals surface area contributed by atoms with Crippen LogP contribution in [0.15, 0.2) is 30.3 Å². The predicted octanol–water partition coefficient (Wildman–Crippen LogP) is 2.08. The number of hydrogen-bond acceptors (Lipinski definition) is 2. The molecule has 0 bridgehead atoms. The molecule has 1 aliphatic carbocycles. The zero-order valence-corrected chi connectivity index (χ0v) is 11.8. The fourth-order valence-electron chi connectivity index (χ4n) is 2.69. The second-order valence-electron chi connectivity index (χ2n) is 5.54. The molecule has 0 spiro atoms. The van der Waals surface area contributed by atoms with E-state index in [1.807, 2.05) is 18.2 Å². The summed E-state index contributed by atoms with van der Waals surface area (Å²) in [5.74, 6) is 0.425. The number of carbonyl (C=O) groups is 1. The Hall–Kier alpha value is -1.55. The van der Waals surface area contributed by atoms with Crippen LogP contribution in [-0.4, -0.2) is 30.3 Å². The topological polar surface area (TPSA) is 61.4 Å². The molecule has 0 radical (unpaired) electrons. The van der Waals surface area contributed by atoms with Gasteiger partial charge in [0.2, 0.25) is 0 Å². The first kappa shape index (κ1) is 14.9. The SMILES string of the molecule is O=C(NCCc1ccccc1)NC1CCC(CO)CC1. The van der Waals surface area contributed by atoms with Crippen molar-refractivity contribution in [3.63, 3.8) is 0 Å². The van der Waals surface area contributed by atoms with E-state index in [1.165, 1.54) is 5.56 Å². The molecule has 1 aromatic carbocycles. The Balaban J connectivity index is 1.61. The lowest BCUT2D eigenvalue weighted by Crippen LogP contribution is -2.44. The number of hydrogen-bond donors (Lipinski definition) is 3. The van der Waals surface area contributed by atoms with Gasteiger partial charge < -0.3 is 15.7 Å². The van der Waals surface area contributed by atoms with Crippen LogP contribution in [0.4, 0.5) is 4.79 Å². The number of aliphatic hydroxyl groups excluding tert-OH is 1. The molecule has 110 valence electrons. The number of aliphatic hydroxyl groups is 1. The molecule has 0 aromatic heterocycles. The van der Waals surface area contributed by atoms with Crippen LogP contribution in [0.1, 0.15) is 31.2 Å². The summed E-state index contributed by atoms with van der Waals surface area (Å²) in [6, 6.07) is 10.3. The average Bonchev–Trinajstić information content (AvgIpc) is 2.49. The Morgan fingerprint density at radius 1 is 1.15 bits per heavy atom. The minimum absolute atomic E-state index is 0.0756. The average molecular weight is 276 g/mol. The van der Waals surface area contributed by atoms with Crippen molar-refractivity contribution in [1.29, 1.82) is 0 Å². The van der Waals surface area contributed by atoms with Crippen molar-refractivity contribution in [3.8, 4) is 0 Å². The zero-order chi connectivity index (χ0) is 14.2. The first-order chi connectivity index (χ1) is 9.78. The van der Waals surface area contributed by atoms with Gasteiger partial charge in [-0.3, -0.25) is 0 Å². The van der Waals surface area contributed by atoms with Gasteiger partial charge >= 0.3 is 6.03 Å². The zero-order valence-electron chi connectivity index (χ0n) is 11.8. The van der Waals surface area contributed by atoms with Crippen molar-refractivity contribution in [1.82, 2.24) is 10.6 Å². The van der Waals surface area contributed by atoms with Crippen molar-refractivity contribution >= 4 is 6.03 Å². The van der Waals surface area contributed by atoms with E-state index in [4.69, 9.17) is 5.11 Å². The highest BCUT2D eigenvalue weighted by Crippen LogP contribution is 2.23. The highest BCUT2D eigenvalue weighted by atomic mass is 16.3. The second-order valence-corrected chi connectivity index (χ2v) is 5.54. The normalized spacial score (nSPS) is 22.2. The van der Waals surface area contributed by atoms with E-state index in [0.29, 0.717) is 12.5 Å². The van der Waals surface area contributed by atoms with Gasteiger partial charge in [0.15, 0.2) is 0 Å². The summed E-state index contributed by atoms with van der Waals surface area (Å²) in [6.07, 6.45) is 4.80. The maximum atomic E-state index is 11.8. The van der Waals surface area contributed by atoms with E-state index < -0.39 is 0 Å². The molecule has 20 heavy (non-hydrogen) atoms. The minimum Gasteiger partial charge on any atom is -0.396 e. The molecule has 2 amide bonds. The first-order valence-electron chi connectivity index (χ1n) is 7.47. The molecule has 2 rings (SSSR count). The quantitative estimate of drug-likeness (QED) is 0.771. The van der Waals surface area contributed by atoms with Crippen molar-refractivity contribution in [2.75, 3.05) is 13.2 Å². The summed E-state index contributed by atoms with van der Waals surface area (Å²) >= 11 is 0. The molecule has 1 fully saturated rings. The third kappa shape index (κ3) is 4.85. The van der Waals surface area contributed by atoms with Gasteiger partial charge in [-0.25, -0.2) is 4.79 Å². The Kier molecular flexibility index (Phi) is 5.87. The summed E-state index contributed by atoms with van der Waals surface area (Å²) in [5, 5.41) is 15.0. The van der Waals surface area contributed by atoms with Crippen molar-refractivity contribution < 1.29 is 9.90 Å². The number of benzene rings is 1. The Labute approximate surface area is 120 Å². The largest absolute Gasteiger partial charge is 0.396 e. The van der Waals surface area contributed by atoms with E-state index in [0.717, 1.165) is 32.1 Å². The van der Waals surface area contributed by atoms with Gasteiger partial charge in [-0.1, -0.05) is 30.3 Å². The van der Waals surface area contributed by atoms with Crippen LogP contribution in [0.3, 0.4) is 0 Å². The summed E-state index contributed by atoms with van der Waals surface area (Å²) in [6.45, 7) is 0.928. The lowest BCUT2D eigenvalue weighted by molar-refractivity contribution is 0.174. The van der Waals surface area contributed by atoms with Crippen LogP contribution in [0.25, 0.3) is 0 Å². The molecule has 4 nitrogen and oxygen atoms in total. The summed E-state index contributed by atoms with van der Waals surface area (Å²) in [4.78, 5) is 11.8. The van der Waals surface area contributed by atoms with E-state index in [1.54, 1.807) is 0 Å². The summed E-state index contributed by atoms with van der Waals surface area (Å²) in [5.41, 5.74) is 1.23. The summed E-state index contributed by atoms with van der Waals surface area (Å²) in [7, 11) is 0.